The van der Waals surface area contributed by atoms with Gasteiger partial charge in [-0.3, -0.25) is 4.79 Å². The summed E-state index contributed by atoms with van der Waals surface area (Å²) in [5.74, 6) is -2.36. The van der Waals surface area contributed by atoms with Crippen LogP contribution in [0.25, 0.3) is 0 Å². The van der Waals surface area contributed by atoms with E-state index in [2.05, 4.69) is 4.98 Å². The number of ketones is 1. The first-order valence-corrected chi connectivity index (χ1v) is 4.52. The minimum atomic E-state index is -0.925. The third-order valence-electron chi connectivity index (χ3n) is 2.17. The minimum absolute atomic E-state index is 0.227. The number of halogens is 2. The van der Waals surface area contributed by atoms with Crippen LogP contribution < -0.4 is 5.73 Å². The van der Waals surface area contributed by atoms with Gasteiger partial charge in [-0.15, -0.1) is 0 Å². The molecule has 0 aliphatic rings. The number of benzene rings is 1. The zero-order valence-electron chi connectivity index (χ0n) is 8.13. The van der Waals surface area contributed by atoms with Gasteiger partial charge < -0.3 is 10.7 Å². The van der Waals surface area contributed by atoms with E-state index in [9.17, 15) is 13.6 Å². The predicted molar refractivity (Wildman–Crippen MR) is 55.0 cm³/mol. The molecule has 2 aromatic rings. The maximum absolute atomic E-state index is 13.3. The number of anilines is 1. The SMILES string of the molecule is Nc1cc(C(=O)c2ccc[nH]2)c(F)cc1F. The Kier molecular flexibility index (Phi) is 2.44. The Bertz CT molecular complexity index is 535. The zero-order valence-corrected chi connectivity index (χ0v) is 8.13. The maximum atomic E-state index is 13.3. The highest BCUT2D eigenvalue weighted by atomic mass is 19.1. The average Bonchev–Trinajstić information content (AvgIpc) is 2.75. The van der Waals surface area contributed by atoms with Gasteiger partial charge in [0, 0.05) is 12.3 Å². The molecule has 0 saturated carbocycles. The number of nitrogen functional groups attached to an aromatic ring is 1. The van der Waals surface area contributed by atoms with Gasteiger partial charge in [0.05, 0.1) is 16.9 Å². The van der Waals surface area contributed by atoms with E-state index in [1.165, 1.54) is 12.3 Å². The van der Waals surface area contributed by atoms with Crippen LogP contribution in [0.3, 0.4) is 0 Å². The van der Waals surface area contributed by atoms with Crippen LogP contribution in [0.5, 0.6) is 0 Å². The van der Waals surface area contributed by atoms with E-state index in [0.717, 1.165) is 6.07 Å². The van der Waals surface area contributed by atoms with Gasteiger partial charge in [0.25, 0.3) is 0 Å². The van der Waals surface area contributed by atoms with Crippen molar-refractivity contribution in [3.63, 3.8) is 0 Å². The number of nitrogens with one attached hydrogen (secondary N) is 1. The van der Waals surface area contributed by atoms with Gasteiger partial charge in [-0.2, -0.15) is 0 Å². The van der Waals surface area contributed by atoms with Crippen molar-refractivity contribution in [3.05, 3.63) is 53.4 Å². The summed E-state index contributed by atoms with van der Waals surface area (Å²) in [7, 11) is 0. The molecule has 0 fully saturated rings. The first-order valence-electron chi connectivity index (χ1n) is 4.52. The van der Waals surface area contributed by atoms with Crippen LogP contribution in [0.2, 0.25) is 0 Å². The summed E-state index contributed by atoms with van der Waals surface area (Å²) in [6.45, 7) is 0. The standard InChI is InChI=1S/C11H8F2N2O/c12-7-5-8(13)9(14)4-6(7)11(16)10-2-1-3-15-10/h1-5,15H,14H2. The smallest absolute Gasteiger partial charge is 0.212 e. The molecule has 1 aromatic heterocycles. The summed E-state index contributed by atoms with van der Waals surface area (Å²) < 4.78 is 26.2. The summed E-state index contributed by atoms with van der Waals surface area (Å²) in [5.41, 5.74) is 5.00. The monoisotopic (exact) mass is 222 g/mol. The van der Waals surface area contributed by atoms with Gasteiger partial charge in [0.2, 0.25) is 5.78 Å². The lowest BCUT2D eigenvalue weighted by Gasteiger charge is -2.03. The van der Waals surface area contributed by atoms with E-state index in [-0.39, 0.29) is 16.9 Å². The topological polar surface area (TPSA) is 58.9 Å². The summed E-state index contributed by atoms with van der Waals surface area (Å²) >= 11 is 0. The molecule has 0 radical (unpaired) electrons. The van der Waals surface area contributed by atoms with Gasteiger partial charge in [-0.1, -0.05) is 0 Å². The number of rotatable bonds is 2. The highest BCUT2D eigenvalue weighted by Crippen LogP contribution is 2.19. The Morgan fingerprint density at radius 3 is 2.62 bits per heavy atom. The molecule has 0 bridgehead atoms. The number of hydrogen-bond donors (Lipinski definition) is 2. The normalized spacial score (nSPS) is 10.4. The largest absolute Gasteiger partial charge is 0.396 e. The molecule has 16 heavy (non-hydrogen) atoms. The van der Waals surface area contributed by atoms with Crippen molar-refractivity contribution in [2.75, 3.05) is 5.73 Å². The molecule has 3 N–H and O–H groups in total. The number of nitrogens with two attached hydrogens (primary N) is 1. The van der Waals surface area contributed by atoms with E-state index in [4.69, 9.17) is 5.73 Å². The Morgan fingerprint density at radius 1 is 1.25 bits per heavy atom. The lowest BCUT2D eigenvalue weighted by Crippen LogP contribution is -2.07. The van der Waals surface area contributed by atoms with E-state index >= 15 is 0 Å². The Hall–Kier alpha value is -2.17. The van der Waals surface area contributed by atoms with Crippen LogP contribution in [0, 0.1) is 11.6 Å². The zero-order chi connectivity index (χ0) is 11.7. The van der Waals surface area contributed by atoms with E-state index < -0.39 is 17.4 Å². The van der Waals surface area contributed by atoms with E-state index in [1.54, 1.807) is 6.07 Å². The number of aromatic nitrogens is 1. The second kappa shape index (κ2) is 3.77. The van der Waals surface area contributed by atoms with E-state index in [0.29, 0.717) is 6.07 Å². The molecule has 82 valence electrons. The fourth-order valence-electron chi connectivity index (χ4n) is 1.36. The number of aromatic amines is 1. The lowest BCUT2D eigenvalue weighted by molar-refractivity contribution is 0.103. The lowest BCUT2D eigenvalue weighted by atomic mass is 10.1. The molecule has 1 aromatic carbocycles. The van der Waals surface area contributed by atoms with Crippen molar-refractivity contribution in [1.29, 1.82) is 0 Å². The maximum Gasteiger partial charge on any atom is 0.212 e. The van der Waals surface area contributed by atoms with Crippen molar-refractivity contribution < 1.29 is 13.6 Å². The summed E-state index contributed by atoms with van der Waals surface area (Å²) in [6.07, 6.45) is 1.54. The first-order chi connectivity index (χ1) is 7.59. The van der Waals surface area contributed by atoms with Gasteiger partial charge in [-0.25, -0.2) is 8.78 Å². The Labute approximate surface area is 89.9 Å². The summed E-state index contributed by atoms with van der Waals surface area (Å²) in [6, 6.07) is 4.71. The molecule has 0 saturated heterocycles. The van der Waals surface area contributed by atoms with Gasteiger partial charge in [0.15, 0.2) is 0 Å². The highest BCUT2D eigenvalue weighted by molar-refractivity contribution is 6.08. The molecule has 3 nitrogen and oxygen atoms in total. The minimum Gasteiger partial charge on any atom is -0.396 e. The predicted octanol–water partition coefficient (Wildman–Crippen LogP) is 2.11. The molecule has 1 heterocycles. The van der Waals surface area contributed by atoms with Gasteiger partial charge >= 0.3 is 0 Å². The number of H-pyrrole nitrogens is 1. The van der Waals surface area contributed by atoms with Gasteiger partial charge in [-0.05, 0) is 18.2 Å². The van der Waals surface area contributed by atoms with Crippen molar-refractivity contribution >= 4 is 11.5 Å². The summed E-state index contributed by atoms with van der Waals surface area (Å²) in [4.78, 5) is 14.4. The van der Waals surface area contributed by atoms with Crippen molar-refractivity contribution in [2.24, 2.45) is 0 Å². The van der Waals surface area contributed by atoms with Crippen LogP contribution in [0.4, 0.5) is 14.5 Å². The molecule has 5 heteroatoms. The molecule has 0 aliphatic heterocycles. The molecular weight excluding hydrogens is 214 g/mol. The molecule has 0 atom stereocenters. The molecule has 0 unspecified atom stereocenters. The highest BCUT2D eigenvalue weighted by Gasteiger charge is 2.16. The van der Waals surface area contributed by atoms with E-state index in [1.807, 2.05) is 0 Å². The van der Waals surface area contributed by atoms with Gasteiger partial charge in [0.1, 0.15) is 11.6 Å². The fourth-order valence-corrected chi connectivity index (χ4v) is 1.36. The second-order valence-electron chi connectivity index (χ2n) is 3.27. The molecule has 0 amide bonds. The van der Waals surface area contributed by atoms with Crippen molar-refractivity contribution in [1.82, 2.24) is 4.98 Å². The second-order valence-corrected chi connectivity index (χ2v) is 3.27. The Morgan fingerprint density at radius 2 is 2.00 bits per heavy atom. The van der Waals surface area contributed by atoms with Crippen molar-refractivity contribution in [2.45, 2.75) is 0 Å². The summed E-state index contributed by atoms with van der Waals surface area (Å²) in [5, 5.41) is 0. The molecular formula is C11H8F2N2O. The average molecular weight is 222 g/mol. The number of carbonyl (C=O) groups excluding carboxylic acids is 1. The van der Waals surface area contributed by atoms with Crippen LogP contribution >= 0.6 is 0 Å². The van der Waals surface area contributed by atoms with Crippen LogP contribution in [-0.2, 0) is 0 Å². The van der Waals surface area contributed by atoms with Crippen LogP contribution in [0.1, 0.15) is 16.1 Å². The van der Waals surface area contributed by atoms with Crippen LogP contribution in [-0.4, -0.2) is 10.8 Å². The van der Waals surface area contributed by atoms with Crippen LogP contribution in [0.15, 0.2) is 30.5 Å². The Balaban J connectivity index is 2.49. The number of carbonyl (C=O) groups is 1. The number of hydrogen-bond acceptors (Lipinski definition) is 2. The molecule has 0 aliphatic carbocycles. The fraction of sp³-hybridized carbons (Fsp3) is 0. The van der Waals surface area contributed by atoms with Crippen molar-refractivity contribution in [3.8, 4) is 0 Å². The molecule has 0 spiro atoms. The molecule has 2 rings (SSSR count). The third kappa shape index (κ3) is 1.67. The first kappa shape index (κ1) is 10.4. The third-order valence-corrected chi connectivity index (χ3v) is 2.17. The quantitative estimate of drug-likeness (QED) is 0.603.